The topological polar surface area (TPSA) is 81.4 Å². The molecule has 0 aliphatic carbocycles. The lowest BCUT2D eigenvalue weighted by molar-refractivity contribution is -0.145. The zero-order valence-electron chi connectivity index (χ0n) is 12.8. The molecule has 0 heterocycles. The van der Waals surface area contributed by atoms with Crippen molar-refractivity contribution in [1.82, 2.24) is 5.32 Å². The number of thiol groups is 1. The summed E-state index contributed by atoms with van der Waals surface area (Å²) in [5, 5.41) is 4.09. The number of hydrogen-bond acceptors (Lipinski definition) is 5. The number of hydrogen-bond donors (Lipinski definition) is 3. The quantitative estimate of drug-likeness (QED) is 0.405. The van der Waals surface area contributed by atoms with Crippen molar-refractivity contribution < 1.29 is 14.3 Å². The van der Waals surface area contributed by atoms with Crippen LogP contribution in [0, 0.1) is 5.92 Å². The molecule has 0 aromatic heterocycles. The number of ether oxygens (including phenoxy) is 1. The van der Waals surface area contributed by atoms with Crippen molar-refractivity contribution in [3.63, 3.8) is 0 Å². The van der Waals surface area contributed by atoms with Crippen LogP contribution in [0.3, 0.4) is 0 Å². The van der Waals surface area contributed by atoms with Crippen molar-refractivity contribution in [2.75, 3.05) is 7.11 Å². The van der Waals surface area contributed by atoms with Gasteiger partial charge >= 0.3 is 5.97 Å². The van der Waals surface area contributed by atoms with Crippen LogP contribution in [0.2, 0.25) is 0 Å². The van der Waals surface area contributed by atoms with Gasteiger partial charge in [0.1, 0.15) is 5.70 Å². The third-order valence-corrected chi connectivity index (χ3v) is 3.58. The highest BCUT2D eigenvalue weighted by Gasteiger charge is 2.22. The molecule has 0 saturated carbocycles. The van der Waals surface area contributed by atoms with Crippen LogP contribution in [-0.4, -0.2) is 25.0 Å². The van der Waals surface area contributed by atoms with Gasteiger partial charge in [0.2, 0.25) is 0 Å². The van der Waals surface area contributed by atoms with E-state index in [4.69, 9.17) is 10.5 Å². The van der Waals surface area contributed by atoms with Gasteiger partial charge in [0.05, 0.1) is 13.0 Å². The molecule has 3 N–H and O–H groups in total. The van der Waals surface area contributed by atoms with Gasteiger partial charge in [-0.05, 0) is 23.8 Å². The predicted molar refractivity (Wildman–Crippen MR) is 89.1 cm³/mol. The van der Waals surface area contributed by atoms with E-state index in [1.54, 1.807) is 6.92 Å². The second-order valence-electron chi connectivity index (χ2n) is 5.10. The molecule has 22 heavy (non-hydrogen) atoms. The first-order chi connectivity index (χ1) is 10.5. The van der Waals surface area contributed by atoms with Crippen LogP contribution in [0.1, 0.15) is 18.9 Å². The fourth-order valence-electron chi connectivity index (χ4n) is 2.14. The fraction of sp³-hybridized carbons (Fsp3) is 0.375. The van der Waals surface area contributed by atoms with Gasteiger partial charge in [-0.15, -0.1) is 12.6 Å². The zero-order valence-corrected chi connectivity index (χ0v) is 13.7. The van der Waals surface area contributed by atoms with Gasteiger partial charge < -0.3 is 15.8 Å². The molecule has 0 bridgehead atoms. The minimum Gasteiger partial charge on any atom is -0.469 e. The van der Waals surface area contributed by atoms with Crippen LogP contribution in [0.4, 0.5) is 0 Å². The van der Waals surface area contributed by atoms with E-state index in [0.717, 1.165) is 5.56 Å². The summed E-state index contributed by atoms with van der Waals surface area (Å²) in [6.45, 7) is 1.77. The third kappa shape index (κ3) is 5.81. The Balaban J connectivity index is 2.80. The maximum Gasteiger partial charge on any atom is 0.308 e. The normalized spacial score (nSPS) is 14.0. The number of benzene rings is 1. The van der Waals surface area contributed by atoms with E-state index in [2.05, 4.69) is 17.9 Å². The summed E-state index contributed by atoms with van der Waals surface area (Å²) in [6.07, 6.45) is 1.07. The smallest absolute Gasteiger partial charge is 0.308 e. The lowest BCUT2D eigenvalue weighted by atomic mass is 9.96. The average molecular weight is 322 g/mol. The van der Waals surface area contributed by atoms with Gasteiger partial charge in [0, 0.05) is 6.04 Å². The molecule has 1 amide bonds. The SMILES string of the molecule is COC(=O)[C@@H](C)C[C@H](Cc1ccccc1)NC(=O)/C(N)=C/S. The second kappa shape index (κ2) is 9.15. The number of esters is 1. The Bertz CT molecular complexity index is 531. The van der Waals surface area contributed by atoms with E-state index >= 15 is 0 Å². The van der Waals surface area contributed by atoms with Gasteiger partial charge in [-0.2, -0.15) is 0 Å². The van der Waals surface area contributed by atoms with Crippen LogP contribution in [0.5, 0.6) is 0 Å². The van der Waals surface area contributed by atoms with E-state index in [1.165, 1.54) is 12.5 Å². The van der Waals surface area contributed by atoms with Crippen LogP contribution in [0.15, 0.2) is 41.4 Å². The lowest BCUT2D eigenvalue weighted by Crippen LogP contribution is -2.40. The lowest BCUT2D eigenvalue weighted by Gasteiger charge is -2.21. The number of methoxy groups -OCH3 is 1. The molecule has 0 fully saturated rings. The van der Waals surface area contributed by atoms with Gasteiger partial charge in [-0.3, -0.25) is 9.59 Å². The summed E-state index contributed by atoms with van der Waals surface area (Å²) in [4.78, 5) is 23.5. The molecule has 0 unspecified atom stereocenters. The number of carbonyl (C=O) groups excluding carboxylic acids is 2. The second-order valence-corrected chi connectivity index (χ2v) is 5.36. The Morgan fingerprint density at radius 1 is 1.36 bits per heavy atom. The predicted octanol–water partition coefficient (Wildman–Crippen LogP) is 1.64. The fourth-order valence-corrected chi connectivity index (χ4v) is 2.26. The summed E-state index contributed by atoms with van der Waals surface area (Å²) < 4.78 is 4.74. The average Bonchev–Trinajstić information content (AvgIpc) is 2.53. The monoisotopic (exact) mass is 322 g/mol. The van der Waals surface area contributed by atoms with Crippen molar-refractivity contribution in [1.29, 1.82) is 0 Å². The maximum atomic E-state index is 11.9. The highest BCUT2D eigenvalue weighted by Crippen LogP contribution is 2.13. The zero-order chi connectivity index (χ0) is 16.5. The minimum absolute atomic E-state index is 0.0344. The summed E-state index contributed by atoms with van der Waals surface area (Å²) in [5.74, 6) is -1.02. The molecule has 5 nitrogen and oxygen atoms in total. The van der Waals surface area contributed by atoms with Gasteiger partial charge in [-0.25, -0.2) is 0 Å². The Kier molecular flexibility index (Phi) is 7.52. The first kappa shape index (κ1) is 18.1. The third-order valence-electron chi connectivity index (χ3n) is 3.30. The Labute approximate surface area is 136 Å². The Hall–Kier alpha value is -1.95. The van der Waals surface area contributed by atoms with E-state index < -0.39 is 5.91 Å². The van der Waals surface area contributed by atoms with E-state index in [0.29, 0.717) is 12.8 Å². The molecule has 6 heteroatoms. The van der Waals surface area contributed by atoms with Crippen molar-refractivity contribution in [3.05, 3.63) is 47.0 Å². The van der Waals surface area contributed by atoms with Crippen LogP contribution in [-0.2, 0) is 20.7 Å². The molecular formula is C16H22N2O3S. The molecular weight excluding hydrogens is 300 g/mol. The number of rotatable bonds is 7. The Morgan fingerprint density at radius 2 is 2.00 bits per heavy atom. The van der Waals surface area contributed by atoms with E-state index in [-0.39, 0.29) is 23.6 Å². The largest absolute Gasteiger partial charge is 0.469 e. The van der Waals surface area contributed by atoms with Crippen molar-refractivity contribution in [2.45, 2.75) is 25.8 Å². The highest BCUT2D eigenvalue weighted by atomic mass is 32.1. The standard InChI is InChI=1S/C16H22N2O3S/c1-11(16(20)21-2)8-13(18-15(19)14(17)10-22)9-12-6-4-3-5-7-12/h3-7,10-11,13,22H,8-9,17H2,1-2H3,(H,18,19)/b14-10-/t11-,13+/m0/s1. The van der Waals surface area contributed by atoms with Crippen LogP contribution in [0.25, 0.3) is 0 Å². The molecule has 0 radical (unpaired) electrons. The molecule has 1 rings (SSSR count). The molecule has 1 aromatic rings. The van der Waals surface area contributed by atoms with Crippen LogP contribution < -0.4 is 11.1 Å². The molecule has 0 spiro atoms. The molecule has 1 aromatic carbocycles. The van der Waals surface area contributed by atoms with Crippen molar-refractivity contribution in [2.24, 2.45) is 11.7 Å². The Morgan fingerprint density at radius 3 is 2.55 bits per heavy atom. The van der Waals surface area contributed by atoms with Gasteiger partial charge in [0.15, 0.2) is 0 Å². The van der Waals surface area contributed by atoms with Gasteiger partial charge in [0.25, 0.3) is 5.91 Å². The molecule has 0 aliphatic heterocycles. The summed E-state index contributed by atoms with van der Waals surface area (Å²) in [5.41, 5.74) is 6.66. The molecule has 2 atom stereocenters. The summed E-state index contributed by atoms with van der Waals surface area (Å²) in [6, 6.07) is 9.51. The molecule has 0 aliphatic rings. The number of nitrogens with two attached hydrogens (primary N) is 1. The van der Waals surface area contributed by atoms with Gasteiger partial charge in [-0.1, -0.05) is 37.3 Å². The highest BCUT2D eigenvalue weighted by molar-refractivity contribution is 7.83. The number of nitrogens with one attached hydrogen (secondary N) is 1. The first-order valence-corrected chi connectivity index (χ1v) is 7.52. The molecule has 0 saturated heterocycles. The minimum atomic E-state index is -0.395. The van der Waals surface area contributed by atoms with Crippen LogP contribution >= 0.6 is 12.6 Å². The number of carbonyl (C=O) groups is 2. The first-order valence-electron chi connectivity index (χ1n) is 7.00. The molecule has 120 valence electrons. The number of amides is 1. The van der Waals surface area contributed by atoms with E-state index in [1.807, 2.05) is 30.3 Å². The summed E-state index contributed by atoms with van der Waals surface area (Å²) in [7, 11) is 1.35. The van der Waals surface area contributed by atoms with Crippen molar-refractivity contribution in [3.8, 4) is 0 Å². The van der Waals surface area contributed by atoms with Crippen molar-refractivity contribution >= 4 is 24.5 Å². The summed E-state index contributed by atoms with van der Waals surface area (Å²) >= 11 is 3.87. The van der Waals surface area contributed by atoms with E-state index in [9.17, 15) is 9.59 Å². The maximum absolute atomic E-state index is 11.9.